The van der Waals surface area contributed by atoms with Crippen LogP contribution in [0.15, 0.2) is 23.8 Å². The number of ether oxygens (including phenoxy) is 4. The summed E-state index contributed by atoms with van der Waals surface area (Å²) in [6.45, 7) is 8.66. The van der Waals surface area contributed by atoms with Crippen molar-refractivity contribution in [2.24, 2.45) is 23.7 Å². The van der Waals surface area contributed by atoms with Gasteiger partial charge in [-0.05, 0) is 38.7 Å². The van der Waals surface area contributed by atoms with Crippen molar-refractivity contribution in [3.05, 3.63) is 23.8 Å². The van der Waals surface area contributed by atoms with E-state index in [0.29, 0.717) is 12.8 Å². The fourth-order valence-electron chi connectivity index (χ4n) is 5.55. The van der Waals surface area contributed by atoms with E-state index in [1.807, 2.05) is 13.8 Å². The highest BCUT2D eigenvalue weighted by molar-refractivity contribution is 5.91. The molecule has 2 heterocycles. The SMILES string of the molecule is CC[C@H]1OC(=O)C[C@@H](O)[C@H](C)[C@@H](O[C@@H]2O[C@H](C)C[C@H](OC)[C@H]2O)[C@@H](CC=O)C[C@@H](C)C(=O)/C=C/C(C)=C/[C@@H]1CO. The Morgan fingerprint density at radius 3 is 2.42 bits per heavy atom. The van der Waals surface area contributed by atoms with Crippen molar-refractivity contribution in [1.82, 2.24) is 0 Å². The lowest BCUT2D eigenvalue weighted by molar-refractivity contribution is -0.293. The number of rotatable bonds is 7. The highest BCUT2D eigenvalue weighted by Gasteiger charge is 2.42. The Morgan fingerprint density at radius 2 is 1.82 bits per heavy atom. The number of hydrogen-bond acceptors (Lipinski definition) is 10. The summed E-state index contributed by atoms with van der Waals surface area (Å²) in [4.78, 5) is 37.7. The molecule has 0 amide bonds. The van der Waals surface area contributed by atoms with Crippen molar-refractivity contribution < 1.29 is 48.7 Å². The van der Waals surface area contributed by atoms with Gasteiger partial charge in [0.15, 0.2) is 12.1 Å². The first-order chi connectivity index (χ1) is 18.9. The van der Waals surface area contributed by atoms with Gasteiger partial charge in [0.2, 0.25) is 0 Å². The van der Waals surface area contributed by atoms with E-state index < -0.39 is 66.5 Å². The highest BCUT2D eigenvalue weighted by atomic mass is 16.7. The molecule has 40 heavy (non-hydrogen) atoms. The van der Waals surface area contributed by atoms with Gasteiger partial charge < -0.3 is 39.1 Å². The molecule has 10 nitrogen and oxygen atoms in total. The summed E-state index contributed by atoms with van der Waals surface area (Å²) < 4.78 is 23.3. The van der Waals surface area contributed by atoms with E-state index in [4.69, 9.17) is 18.9 Å². The quantitative estimate of drug-likeness (QED) is 0.309. The number of carbonyl (C=O) groups is 3. The standard InChI is InChI=1S/C30H48O10/c1-7-25-22(16-32)12-17(2)8-9-23(33)18(3)13-21(10-11-31)29(20(5)24(34)15-27(35)39-25)40-30-28(36)26(37-6)14-19(4)38-30/h8-9,11-12,18-22,24-26,28-30,32,34,36H,7,10,13-16H2,1-6H3/b9-8+,17-12+/t18-,19-,20+,21+,22-,24-,25-,26+,28-,29-,30+/m1/s1. The maximum absolute atomic E-state index is 13.0. The van der Waals surface area contributed by atoms with Crippen LogP contribution >= 0.6 is 0 Å². The van der Waals surface area contributed by atoms with Gasteiger partial charge in [0.05, 0.1) is 37.4 Å². The van der Waals surface area contributed by atoms with Gasteiger partial charge in [0, 0.05) is 37.7 Å². The topological polar surface area (TPSA) is 149 Å². The van der Waals surface area contributed by atoms with Crippen LogP contribution in [0.25, 0.3) is 0 Å². The number of allylic oxidation sites excluding steroid dienone is 3. The molecule has 1 saturated heterocycles. The second-order valence-electron chi connectivity index (χ2n) is 11.3. The molecule has 3 N–H and O–H groups in total. The fourth-order valence-corrected chi connectivity index (χ4v) is 5.55. The molecule has 2 rings (SSSR count). The molecular weight excluding hydrogens is 520 g/mol. The highest BCUT2D eigenvalue weighted by Crippen LogP contribution is 2.34. The minimum atomic E-state index is -1.22. The summed E-state index contributed by atoms with van der Waals surface area (Å²) in [5, 5.41) is 32.0. The van der Waals surface area contributed by atoms with Crippen molar-refractivity contribution in [1.29, 1.82) is 0 Å². The van der Waals surface area contributed by atoms with Crippen LogP contribution in [0.2, 0.25) is 0 Å². The number of esters is 1. The lowest BCUT2D eigenvalue weighted by atomic mass is 9.79. The third kappa shape index (κ3) is 9.56. The zero-order valence-corrected chi connectivity index (χ0v) is 24.6. The van der Waals surface area contributed by atoms with E-state index in [2.05, 4.69) is 0 Å². The van der Waals surface area contributed by atoms with Crippen LogP contribution in [0.3, 0.4) is 0 Å². The number of aliphatic hydroxyl groups is 3. The summed E-state index contributed by atoms with van der Waals surface area (Å²) in [6, 6.07) is 0. The Hall–Kier alpha value is -1.95. The predicted molar refractivity (Wildman–Crippen MR) is 147 cm³/mol. The Morgan fingerprint density at radius 1 is 1.12 bits per heavy atom. The van der Waals surface area contributed by atoms with Gasteiger partial charge in [0.25, 0.3) is 0 Å². The Bertz CT molecular complexity index is 886. The van der Waals surface area contributed by atoms with Crippen molar-refractivity contribution in [2.75, 3.05) is 13.7 Å². The molecule has 1 fully saturated rings. The maximum atomic E-state index is 13.0. The van der Waals surface area contributed by atoms with E-state index in [0.717, 1.165) is 11.9 Å². The predicted octanol–water partition coefficient (Wildman–Crippen LogP) is 2.52. The number of methoxy groups -OCH3 is 1. The average Bonchev–Trinajstić information content (AvgIpc) is 2.92. The second kappa shape index (κ2) is 16.5. The monoisotopic (exact) mass is 568 g/mol. The first-order valence-corrected chi connectivity index (χ1v) is 14.3. The van der Waals surface area contributed by atoms with E-state index in [1.54, 1.807) is 32.9 Å². The van der Waals surface area contributed by atoms with Crippen LogP contribution in [-0.2, 0) is 33.3 Å². The molecule has 0 radical (unpaired) electrons. The van der Waals surface area contributed by atoms with Crippen LogP contribution in [0.4, 0.5) is 0 Å². The molecule has 2 aliphatic rings. The number of carbonyl (C=O) groups excluding carboxylic acids is 3. The maximum Gasteiger partial charge on any atom is 0.308 e. The van der Waals surface area contributed by atoms with Crippen LogP contribution in [-0.4, -0.2) is 90.0 Å². The number of cyclic esters (lactones) is 1. The molecular formula is C30H48O10. The van der Waals surface area contributed by atoms with Gasteiger partial charge in [-0.3, -0.25) is 9.59 Å². The third-order valence-corrected chi connectivity index (χ3v) is 8.05. The van der Waals surface area contributed by atoms with Crippen LogP contribution in [0.1, 0.15) is 66.7 Å². The van der Waals surface area contributed by atoms with Crippen molar-refractivity contribution in [3.63, 3.8) is 0 Å². The van der Waals surface area contributed by atoms with Gasteiger partial charge >= 0.3 is 5.97 Å². The summed E-state index contributed by atoms with van der Waals surface area (Å²) in [5.74, 6) is -2.97. The average molecular weight is 569 g/mol. The van der Waals surface area contributed by atoms with Crippen molar-refractivity contribution in [2.45, 2.75) is 110 Å². The van der Waals surface area contributed by atoms with E-state index in [1.165, 1.54) is 13.2 Å². The third-order valence-electron chi connectivity index (χ3n) is 8.05. The largest absolute Gasteiger partial charge is 0.462 e. The zero-order valence-electron chi connectivity index (χ0n) is 24.6. The number of aldehydes is 1. The smallest absolute Gasteiger partial charge is 0.308 e. The van der Waals surface area contributed by atoms with Gasteiger partial charge in [-0.15, -0.1) is 0 Å². The minimum absolute atomic E-state index is 0.0363. The van der Waals surface area contributed by atoms with E-state index >= 15 is 0 Å². The Kier molecular flexibility index (Phi) is 14.1. The van der Waals surface area contributed by atoms with E-state index in [-0.39, 0.29) is 37.8 Å². The van der Waals surface area contributed by atoms with Gasteiger partial charge in [-0.1, -0.05) is 38.5 Å². The number of hydrogen-bond donors (Lipinski definition) is 3. The van der Waals surface area contributed by atoms with Crippen LogP contribution < -0.4 is 0 Å². The zero-order chi connectivity index (χ0) is 30.0. The molecule has 0 aromatic carbocycles. The first kappa shape index (κ1) is 34.3. The summed E-state index contributed by atoms with van der Waals surface area (Å²) in [7, 11) is 1.49. The Labute approximate surface area is 237 Å². The second-order valence-corrected chi connectivity index (χ2v) is 11.3. The van der Waals surface area contributed by atoms with Gasteiger partial charge in [0.1, 0.15) is 18.5 Å². The Balaban J connectivity index is 2.48. The number of ketones is 1. The molecule has 0 bridgehead atoms. The lowest BCUT2D eigenvalue weighted by Gasteiger charge is -2.42. The normalized spacial score (nSPS) is 41.0. The molecule has 0 aromatic rings. The van der Waals surface area contributed by atoms with E-state index in [9.17, 15) is 29.7 Å². The summed E-state index contributed by atoms with van der Waals surface area (Å²) >= 11 is 0. The van der Waals surface area contributed by atoms with Crippen LogP contribution in [0.5, 0.6) is 0 Å². The molecule has 0 saturated carbocycles. The number of aliphatic hydroxyl groups excluding tert-OH is 3. The summed E-state index contributed by atoms with van der Waals surface area (Å²) in [6.07, 6.45) is 0.764. The molecule has 0 unspecified atom stereocenters. The molecule has 0 spiro atoms. The molecule has 10 heteroatoms. The summed E-state index contributed by atoms with van der Waals surface area (Å²) in [5.41, 5.74) is 0.728. The van der Waals surface area contributed by atoms with Gasteiger partial charge in [-0.25, -0.2) is 0 Å². The van der Waals surface area contributed by atoms with Gasteiger partial charge in [-0.2, -0.15) is 0 Å². The molecule has 2 aliphatic heterocycles. The first-order valence-electron chi connectivity index (χ1n) is 14.3. The lowest BCUT2D eigenvalue weighted by Crippen LogP contribution is -2.53. The molecule has 228 valence electrons. The van der Waals surface area contributed by atoms with Crippen molar-refractivity contribution >= 4 is 18.0 Å². The molecule has 0 aromatic heterocycles. The van der Waals surface area contributed by atoms with Crippen LogP contribution in [0, 0.1) is 23.7 Å². The molecule has 11 atom stereocenters. The minimum Gasteiger partial charge on any atom is -0.462 e. The fraction of sp³-hybridized carbons (Fsp3) is 0.767. The molecule has 0 aliphatic carbocycles. The van der Waals surface area contributed by atoms with Crippen molar-refractivity contribution in [3.8, 4) is 0 Å².